The first-order chi connectivity index (χ1) is 18.4. The summed E-state index contributed by atoms with van der Waals surface area (Å²) in [5, 5.41) is 4.75. The first kappa shape index (κ1) is 26.2. The Balaban J connectivity index is 1.27. The van der Waals surface area contributed by atoms with Gasteiger partial charge in [0, 0.05) is 30.9 Å². The van der Waals surface area contributed by atoms with Crippen LogP contribution in [0.15, 0.2) is 71.6 Å². The first-order valence-corrected chi connectivity index (χ1v) is 15.0. The molecule has 1 atom stereocenters. The van der Waals surface area contributed by atoms with Gasteiger partial charge in [0.25, 0.3) is 10.0 Å². The number of nitrogens with one attached hydrogen (secondary N) is 1. The topological polar surface area (TPSA) is 86.8 Å². The zero-order valence-electron chi connectivity index (χ0n) is 21.8. The van der Waals surface area contributed by atoms with Crippen molar-refractivity contribution < 1.29 is 18.0 Å². The number of nitrogens with zero attached hydrogens (tertiary/aromatic N) is 2. The van der Waals surface area contributed by atoms with Crippen molar-refractivity contribution in [2.24, 2.45) is 0 Å². The van der Waals surface area contributed by atoms with Gasteiger partial charge >= 0.3 is 0 Å². The molecule has 200 valence electrons. The lowest BCUT2D eigenvalue weighted by Crippen LogP contribution is -2.50. The monoisotopic (exact) mass is 533 g/mol. The van der Waals surface area contributed by atoms with Crippen LogP contribution in [0.25, 0.3) is 10.8 Å². The second-order valence-corrected chi connectivity index (χ2v) is 12.1. The zero-order valence-corrected chi connectivity index (χ0v) is 22.6. The molecule has 38 heavy (non-hydrogen) atoms. The molecular formula is C30H35N3O4S. The molecule has 3 aromatic rings. The molecule has 5 rings (SSSR count). The Labute approximate surface area is 224 Å². The number of hydrogen-bond acceptors (Lipinski definition) is 4. The molecule has 7 nitrogen and oxygen atoms in total. The van der Waals surface area contributed by atoms with E-state index in [1.165, 1.54) is 4.31 Å². The highest BCUT2D eigenvalue weighted by molar-refractivity contribution is 7.93. The number of anilines is 1. The van der Waals surface area contributed by atoms with Crippen molar-refractivity contribution in [3.8, 4) is 0 Å². The molecule has 3 aromatic carbocycles. The molecule has 0 spiro atoms. The highest BCUT2D eigenvalue weighted by Gasteiger charge is 2.35. The quantitative estimate of drug-likeness (QED) is 0.411. The number of rotatable bonds is 10. The fourth-order valence-electron chi connectivity index (χ4n) is 5.68. The summed E-state index contributed by atoms with van der Waals surface area (Å²) in [5.41, 5.74) is 1.76. The van der Waals surface area contributed by atoms with Crippen LogP contribution in [0.4, 0.5) is 5.69 Å². The summed E-state index contributed by atoms with van der Waals surface area (Å²) in [4.78, 5) is 28.5. The van der Waals surface area contributed by atoms with Crippen molar-refractivity contribution in [2.45, 2.75) is 68.8 Å². The Bertz CT molecular complexity index is 1410. The van der Waals surface area contributed by atoms with E-state index in [1.54, 1.807) is 24.0 Å². The third-order valence-corrected chi connectivity index (χ3v) is 9.64. The molecule has 2 amide bonds. The van der Waals surface area contributed by atoms with E-state index in [9.17, 15) is 18.0 Å². The minimum Gasteiger partial charge on any atom is -0.352 e. The molecule has 0 bridgehead atoms. The van der Waals surface area contributed by atoms with E-state index in [1.807, 2.05) is 54.6 Å². The first-order valence-electron chi connectivity index (χ1n) is 13.5. The number of sulfonamides is 1. The van der Waals surface area contributed by atoms with Gasteiger partial charge in [-0.2, -0.15) is 0 Å². The molecule has 0 aromatic heterocycles. The molecule has 8 heteroatoms. The van der Waals surface area contributed by atoms with E-state index < -0.39 is 16.1 Å². The van der Waals surface area contributed by atoms with Crippen molar-refractivity contribution in [3.05, 3.63) is 72.3 Å². The van der Waals surface area contributed by atoms with Crippen LogP contribution >= 0.6 is 0 Å². The van der Waals surface area contributed by atoms with Gasteiger partial charge < -0.3 is 10.2 Å². The molecule has 1 aliphatic carbocycles. The normalized spacial score (nSPS) is 17.0. The van der Waals surface area contributed by atoms with Crippen molar-refractivity contribution in [1.82, 2.24) is 10.2 Å². The van der Waals surface area contributed by atoms with Gasteiger partial charge in [-0.05, 0) is 55.7 Å². The van der Waals surface area contributed by atoms with Crippen LogP contribution < -0.4 is 9.62 Å². The summed E-state index contributed by atoms with van der Waals surface area (Å²) in [6.45, 7) is 2.42. The van der Waals surface area contributed by atoms with Crippen LogP contribution in [0.1, 0.15) is 51.0 Å². The van der Waals surface area contributed by atoms with E-state index in [4.69, 9.17) is 0 Å². The van der Waals surface area contributed by atoms with Gasteiger partial charge in [-0.1, -0.05) is 67.4 Å². The second-order valence-electron chi connectivity index (χ2n) is 10.3. The maximum absolute atomic E-state index is 13.5. The standard InChI is InChI=1S/C30H35N3O4S/c1-22(30(35)31-25-14-5-6-15-25)32(21-19-23-10-3-2-4-11-23)28(34)18-9-20-33-26-16-7-12-24-13-8-17-27(29(24)26)38(33,36)37/h2-4,7-8,10-13,16-17,22,25H,5-6,9,14-15,18-21H2,1H3,(H,31,35)/t22-/m0/s1. The number of amides is 2. The minimum atomic E-state index is -3.66. The van der Waals surface area contributed by atoms with Gasteiger partial charge in [0.15, 0.2) is 0 Å². The van der Waals surface area contributed by atoms with Gasteiger partial charge in [-0.15, -0.1) is 0 Å². The Morgan fingerprint density at radius 1 is 1.00 bits per heavy atom. The van der Waals surface area contributed by atoms with E-state index in [0.717, 1.165) is 42.0 Å². The smallest absolute Gasteiger partial charge is 0.265 e. The van der Waals surface area contributed by atoms with Gasteiger partial charge in [0.1, 0.15) is 6.04 Å². The lowest BCUT2D eigenvalue weighted by molar-refractivity contribution is -0.140. The third kappa shape index (κ3) is 5.27. The predicted octanol–water partition coefficient (Wildman–Crippen LogP) is 4.65. The third-order valence-electron chi connectivity index (χ3n) is 7.79. The molecule has 0 radical (unpaired) electrons. The average molecular weight is 534 g/mol. The summed E-state index contributed by atoms with van der Waals surface area (Å²) in [6, 6.07) is 20.4. The van der Waals surface area contributed by atoms with Crippen molar-refractivity contribution in [3.63, 3.8) is 0 Å². The van der Waals surface area contributed by atoms with Gasteiger partial charge in [0.2, 0.25) is 11.8 Å². The SMILES string of the molecule is C[C@@H](C(=O)NC1CCCC1)N(CCc1ccccc1)C(=O)CCCN1c2cccc3cccc(c23)S1(=O)=O. The van der Waals surface area contributed by atoms with Crippen LogP contribution in [-0.4, -0.2) is 50.3 Å². The summed E-state index contributed by atoms with van der Waals surface area (Å²) in [5.74, 6) is -0.259. The molecule has 1 fully saturated rings. The lowest BCUT2D eigenvalue weighted by atomic mass is 10.1. The molecule has 1 aliphatic heterocycles. The maximum Gasteiger partial charge on any atom is 0.265 e. The molecule has 0 unspecified atom stereocenters. The van der Waals surface area contributed by atoms with Crippen LogP contribution in [0, 0.1) is 0 Å². The molecule has 1 N–H and O–H groups in total. The van der Waals surface area contributed by atoms with Crippen molar-refractivity contribution in [2.75, 3.05) is 17.4 Å². The molecule has 0 saturated heterocycles. The van der Waals surface area contributed by atoms with Crippen LogP contribution in [0.3, 0.4) is 0 Å². The average Bonchev–Trinajstić information content (AvgIpc) is 3.51. The van der Waals surface area contributed by atoms with E-state index in [-0.39, 0.29) is 30.8 Å². The highest BCUT2D eigenvalue weighted by Crippen LogP contribution is 2.42. The van der Waals surface area contributed by atoms with Crippen LogP contribution in [0.2, 0.25) is 0 Å². The molecule has 1 heterocycles. The summed E-state index contributed by atoms with van der Waals surface area (Å²) >= 11 is 0. The van der Waals surface area contributed by atoms with Crippen molar-refractivity contribution >= 4 is 38.3 Å². The molecule has 1 saturated carbocycles. The van der Waals surface area contributed by atoms with E-state index >= 15 is 0 Å². The Morgan fingerprint density at radius 3 is 2.45 bits per heavy atom. The highest BCUT2D eigenvalue weighted by atomic mass is 32.2. The Hall–Kier alpha value is -3.39. The maximum atomic E-state index is 13.5. The summed E-state index contributed by atoms with van der Waals surface area (Å²) in [6.07, 6.45) is 5.37. The number of carbonyl (C=O) groups is 2. The van der Waals surface area contributed by atoms with Crippen LogP contribution in [-0.2, 0) is 26.0 Å². The summed E-state index contributed by atoms with van der Waals surface area (Å²) < 4.78 is 28.0. The fraction of sp³-hybridized carbons (Fsp3) is 0.400. The van der Waals surface area contributed by atoms with E-state index in [2.05, 4.69) is 5.32 Å². The van der Waals surface area contributed by atoms with Gasteiger partial charge in [-0.25, -0.2) is 8.42 Å². The lowest BCUT2D eigenvalue weighted by Gasteiger charge is -2.30. The predicted molar refractivity (Wildman–Crippen MR) is 149 cm³/mol. The van der Waals surface area contributed by atoms with E-state index in [0.29, 0.717) is 30.0 Å². The number of carbonyl (C=O) groups excluding carboxylic acids is 2. The zero-order chi connectivity index (χ0) is 26.7. The summed E-state index contributed by atoms with van der Waals surface area (Å²) in [7, 11) is -3.66. The minimum absolute atomic E-state index is 0.123. The number of benzene rings is 3. The number of hydrogen-bond donors (Lipinski definition) is 1. The second kappa shape index (κ2) is 11.2. The fourth-order valence-corrected chi connectivity index (χ4v) is 7.43. The van der Waals surface area contributed by atoms with Crippen molar-refractivity contribution in [1.29, 1.82) is 0 Å². The Kier molecular flexibility index (Phi) is 7.70. The molecule has 2 aliphatic rings. The van der Waals surface area contributed by atoms with Gasteiger partial charge in [-0.3, -0.25) is 13.9 Å². The van der Waals surface area contributed by atoms with Gasteiger partial charge in [0.05, 0.1) is 10.6 Å². The van der Waals surface area contributed by atoms with Crippen LogP contribution in [0.5, 0.6) is 0 Å². The molecular weight excluding hydrogens is 498 g/mol. The Morgan fingerprint density at radius 2 is 1.71 bits per heavy atom. The largest absolute Gasteiger partial charge is 0.352 e.